The van der Waals surface area contributed by atoms with Crippen LogP contribution < -0.4 is 5.32 Å². The van der Waals surface area contributed by atoms with Crippen molar-refractivity contribution >= 4 is 5.69 Å². The van der Waals surface area contributed by atoms with Gasteiger partial charge >= 0.3 is 0 Å². The second-order valence-electron chi connectivity index (χ2n) is 3.86. The van der Waals surface area contributed by atoms with Gasteiger partial charge in [0.25, 0.3) is 5.69 Å². The lowest BCUT2D eigenvalue weighted by atomic mass is 10.1. The zero-order valence-corrected chi connectivity index (χ0v) is 10.3. The standard InChI is InChI=1S/C12H18N2O4/c1-10(13-6-8-18-9-7-15)11-2-4-12(5-3-11)14(16)17/h2-5,10,13,15H,6-9H2,1H3. The Balaban J connectivity index is 2.37. The molecule has 6 heteroatoms. The molecule has 100 valence electrons. The van der Waals surface area contributed by atoms with Gasteiger partial charge in [-0.25, -0.2) is 0 Å². The van der Waals surface area contributed by atoms with Crippen LogP contribution in [-0.2, 0) is 4.74 Å². The summed E-state index contributed by atoms with van der Waals surface area (Å²) < 4.78 is 5.12. The normalized spacial score (nSPS) is 12.3. The molecule has 0 heterocycles. The highest BCUT2D eigenvalue weighted by molar-refractivity contribution is 5.33. The van der Waals surface area contributed by atoms with Crippen LogP contribution in [0.15, 0.2) is 24.3 Å². The number of aliphatic hydroxyl groups excluding tert-OH is 1. The predicted molar refractivity (Wildman–Crippen MR) is 67.4 cm³/mol. The first-order valence-corrected chi connectivity index (χ1v) is 5.81. The van der Waals surface area contributed by atoms with E-state index in [1.165, 1.54) is 12.1 Å². The molecule has 6 nitrogen and oxygen atoms in total. The molecule has 1 aromatic carbocycles. The lowest BCUT2D eigenvalue weighted by Gasteiger charge is -2.14. The number of nitrogens with zero attached hydrogens (tertiary/aromatic N) is 1. The van der Waals surface area contributed by atoms with Crippen molar-refractivity contribution in [3.63, 3.8) is 0 Å². The number of nitrogens with one attached hydrogen (secondary N) is 1. The average molecular weight is 254 g/mol. The van der Waals surface area contributed by atoms with Gasteiger partial charge in [-0.3, -0.25) is 10.1 Å². The van der Waals surface area contributed by atoms with Gasteiger partial charge in [-0.05, 0) is 12.5 Å². The van der Waals surface area contributed by atoms with E-state index < -0.39 is 4.92 Å². The van der Waals surface area contributed by atoms with E-state index >= 15 is 0 Å². The Hall–Kier alpha value is -1.50. The van der Waals surface area contributed by atoms with Gasteiger partial charge in [0, 0.05) is 24.7 Å². The summed E-state index contributed by atoms with van der Waals surface area (Å²) in [6.07, 6.45) is 0. The van der Waals surface area contributed by atoms with Gasteiger partial charge < -0.3 is 15.2 Å². The fraction of sp³-hybridized carbons (Fsp3) is 0.500. The molecule has 1 unspecified atom stereocenters. The van der Waals surface area contributed by atoms with Crippen LogP contribution in [0.5, 0.6) is 0 Å². The number of ether oxygens (including phenoxy) is 1. The molecule has 0 aromatic heterocycles. The molecule has 0 aliphatic heterocycles. The molecule has 18 heavy (non-hydrogen) atoms. The number of hydrogen-bond donors (Lipinski definition) is 2. The van der Waals surface area contributed by atoms with E-state index in [0.29, 0.717) is 19.8 Å². The average Bonchev–Trinajstić information content (AvgIpc) is 2.38. The summed E-state index contributed by atoms with van der Waals surface area (Å²) in [5.41, 5.74) is 1.08. The minimum atomic E-state index is -0.412. The van der Waals surface area contributed by atoms with Crippen molar-refractivity contribution in [3.8, 4) is 0 Å². The molecule has 0 amide bonds. The molecule has 1 aromatic rings. The third-order valence-electron chi connectivity index (χ3n) is 2.54. The molecule has 0 aliphatic rings. The maximum absolute atomic E-state index is 10.5. The molecule has 0 bridgehead atoms. The first kappa shape index (κ1) is 14.6. The van der Waals surface area contributed by atoms with E-state index in [1.807, 2.05) is 6.92 Å². The summed E-state index contributed by atoms with van der Waals surface area (Å²) in [4.78, 5) is 10.1. The summed E-state index contributed by atoms with van der Waals surface area (Å²) >= 11 is 0. The molecule has 0 saturated heterocycles. The molecule has 0 saturated carbocycles. The number of nitro benzene ring substituents is 1. The van der Waals surface area contributed by atoms with Crippen LogP contribution in [-0.4, -0.2) is 36.4 Å². The largest absolute Gasteiger partial charge is 0.394 e. The fourth-order valence-electron chi connectivity index (χ4n) is 1.52. The molecular formula is C12H18N2O4. The van der Waals surface area contributed by atoms with Crippen LogP contribution in [0.1, 0.15) is 18.5 Å². The second kappa shape index (κ2) is 7.75. The Kier molecular flexibility index (Phi) is 6.27. The molecule has 2 N–H and O–H groups in total. The maximum atomic E-state index is 10.5. The first-order valence-electron chi connectivity index (χ1n) is 5.81. The van der Waals surface area contributed by atoms with Crippen molar-refractivity contribution < 1.29 is 14.8 Å². The van der Waals surface area contributed by atoms with E-state index in [9.17, 15) is 10.1 Å². The van der Waals surface area contributed by atoms with Crippen molar-refractivity contribution in [2.24, 2.45) is 0 Å². The molecule has 0 spiro atoms. The van der Waals surface area contributed by atoms with Crippen molar-refractivity contribution in [1.82, 2.24) is 5.32 Å². The van der Waals surface area contributed by atoms with E-state index in [0.717, 1.165) is 5.56 Å². The van der Waals surface area contributed by atoms with Gasteiger partial charge in [0.2, 0.25) is 0 Å². The highest BCUT2D eigenvalue weighted by Crippen LogP contribution is 2.17. The van der Waals surface area contributed by atoms with Gasteiger partial charge in [0.05, 0.1) is 24.7 Å². The predicted octanol–water partition coefficient (Wildman–Crippen LogP) is 1.25. The SMILES string of the molecule is CC(NCCOCCO)c1ccc([N+](=O)[O-])cc1. The molecule has 1 rings (SSSR count). The fourth-order valence-corrected chi connectivity index (χ4v) is 1.52. The highest BCUT2D eigenvalue weighted by Gasteiger charge is 2.08. The number of hydrogen-bond acceptors (Lipinski definition) is 5. The number of aliphatic hydroxyl groups is 1. The Labute approximate surface area is 106 Å². The van der Waals surface area contributed by atoms with E-state index in [1.54, 1.807) is 12.1 Å². The van der Waals surface area contributed by atoms with Gasteiger partial charge in [-0.1, -0.05) is 12.1 Å². The lowest BCUT2D eigenvalue weighted by Crippen LogP contribution is -2.23. The number of nitro groups is 1. The number of rotatable bonds is 8. The minimum absolute atomic E-state index is 0.0257. The topological polar surface area (TPSA) is 84.6 Å². The minimum Gasteiger partial charge on any atom is -0.394 e. The van der Waals surface area contributed by atoms with Gasteiger partial charge in [0.15, 0.2) is 0 Å². The zero-order valence-electron chi connectivity index (χ0n) is 10.3. The number of benzene rings is 1. The van der Waals surface area contributed by atoms with E-state index in [2.05, 4.69) is 5.32 Å². The maximum Gasteiger partial charge on any atom is 0.269 e. The zero-order chi connectivity index (χ0) is 13.4. The van der Waals surface area contributed by atoms with Crippen LogP contribution in [0, 0.1) is 10.1 Å². The first-order chi connectivity index (χ1) is 8.65. The van der Waals surface area contributed by atoms with Gasteiger partial charge in [-0.2, -0.15) is 0 Å². The Morgan fingerprint density at radius 2 is 2.06 bits per heavy atom. The van der Waals surface area contributed by atoms with Crippen molar-refractivity contribution in [2.45, 2.75) is 13.0 Å². The van der Waals surface area contributed by atoms with Crippen LogP contribution in [0.3, 0.4) is 0 Å². The third kappa shape index (κ3) is 4.79. The summed E-state index contributed by atoms with van der Waals surface area (Å²) in [5.74, 6) is 0. The van der Waals surface area contributed by atoms with Gasteiger partial charge in [-0.15, -0.1) is 0 Å². The summed E-state index contributed by atoms with van der Waals surface area (Å²) in [5, 5.41) is 22.3. The Morgan fingerprint density at radius 3 is 2.61 bits per heavy atom. The Morgan fingerprint density at radius 1 is 1.39 bits per heavy atom. The van der Waals surface area contributed by atoms with Gasteiger partial charge in [0.1, 0.15) is 0 Å². The van der Waals surface area contributed by atoms with Crippen molar-refractivity contribution in [1.29, 1.82) is 0 Å². The van der Waals surface area contributed by atoms with E-state index in [-0.39, 0.29) is 18.3 Å². The molecule has 1 atom stereocenters. The second-order valence-corrected chi connectivity index (χ2v) is 3.86. The highest BCUT2D eigenvalue weighted by atomic mass is 16.6. The summed E-state index contributed by atoms with van der Waals surface area (Å²) in [6, 6.07) is 6.57. The monoisotopic (exact) mass is 254 g/mol. The molecule has 0 radical (unpaired) electrons. The van der Waals surface area contributed by atoms with Crippen molar-refractivity contribution in [3.05, 3.63) is 39.9 Å². The lowest BCUT2D eigenvalue weighted by molar-refractivity contribution is -0.384. The summed E-state index contributed by atoms with van der Waals surface area (Å²) in [7, 11) is 0. The van der Waals surface area contributed by atoms with Crippen LogP contribution >= 0.6 is 0 Å². The quantitative estimate of drug-likeness (QED) is 0.414. The van der Waals surface area contributed by atoms with Crippen LogP contribution in [0.2, 0.25) is 0 Å². The molecule has 0 fully saturated rings. The third-order valence-corrected chi connectivity index (χ3v) is 2.54. The van der Waals surface area contributed by atoms with Crippen LogP contribution in [0.4, 0.5) is 5.69 Å². The summed E-state index contributed by atoms with van der Waals surface area (Å²) in [6.45, 7) is 3.54. The Bertz CT molecular complexity index is 367. The number of non-ortho nitro benzene ring substituents is 1. The molecule has 0 aliphatic carbocycles. The molecular weight excluding hydrogens is 236 g/mol. The van der Waals surface area contributed by atoms with Crippen LogP contribution in [0.25, 0.3) is 0 Å². The van der Waals surface area contributed by atoms with E-state index in [4.69, 9.17) is 9.84 Å². The van der Waals surface area contributed by atoms with Crippen molar-refractivity contribution in [2.75, 3.05) is 26.4 Å². The smallest absolute Gasteiger partial charge is 0.269 e.